The van der Waals surface area contributed by atoms with E-state index < -0.39 is 8.32 Å². The molecule has 1 N–H and O–H groups in total. The Hall–Kier alpha value is -1.46. The maximum atomic E-state index is 10.3. The van der Waals surface area contributed by atoms with Crippen molar-refractivity contribution >= 4 is 18.7 Å². The van der Waals surface area contributed by atoms with Crippen LogP contribution in [0, 0.1) is 0 Å². The van der Waals surface area contributed by atoms with E-state index in [1.54, 1.807) is 0 Å². The van der Waals surface area contributed by atoms with Crippen molar-refractivity contribution in [3.63, 3.8) is 0 Å². The van der Waals surface area contributed by atoms with Gasteiger partial charge in [-0.1, -0.05) is 81.4 Å². The normalized spacial score (nSPS) is 18.5. The number of aliphatic hydroxyl groups is 1. The molecule has 1 aliphatic heterocycles. The van der Waals surface area contributed by atoms with Gasteiger partial charge in [-0.2, -0.15) is 0 Å². The van der Waals surface area contributed by atoms with Crippen molar-refractivity contribution in [2.75, 3.05) is 13.2 Å². The highest BCUT2D eigenvalue weighted by Crippen LogP contribution is 2.36. The van der Waals surface area contributed by atoms with Gasteiger partial charge in [0.05, 0.1) is 18.8 Å². The van der Waals surface area contributed by atoms with Crippen LogP contribution in [0.4, 0.5) is 0 Å². The van der Waals surface area contributed by atoms with Gasteiger partial charge in [0.25, 0.3) is 8.32 Å². The lowest BCUT2D eigenvalue weighted by molar-refractivity contribution is 0.119. The molecule has 3 rings (SSSR count). The molecular formula is C22H30O3Si. The Morgan fingerprint density at radius 2 is 1.54 bits per heavy atom. The van der Waals surface area contributed by atoms with E-state index in [1.165, 1.54) is 10.4 Å². The number of epoxide rings is 1. The van der Waals surface area contributed by atoms with Gasteiger partial charge in [0.1, 0.15) is 0 Å². The molecule has 2 aromatic carbocycles. The van der Waals surface area contributed by atoms with Gasteiger partial charge in [-0.3, -0.25) is 0 Å². The number of hydrogen-bond donors (Lipinski definition) is 1. The minimum Gasteiger partial charge on any atom is -0.407 e. The fourth-order valence-electron chi connectivity index (χ4n) is 3.74. The summed E-state index contributed by atoms with van der Waals surface area (Å²) in [6, 6.07) is 21.2. The second kappa shape index (κ2) is 8.05. The molecule has 4 heteroatoms. The molecule has 0 aliphatic carbocycles. The van der Waals surface area contributed by atoms with Crippen LogP contribution in [0.5, 0.6) is 0 Å². The number of hydrogen-bond acceptors (Lipinski definition) is 3. The molecule has 1 fully saturated rings. The highest BCUT2D eigenvalue weighted by atomic mass is 28.4. The van der Waals surface area contributed by atoms with E-state index in [-0.39, 0.29) is 17.2 Å². The fourth-order valence-corrected chi connectivity index (χ4v) is 8.31. The summed E-state index contributed by atoms with van der Waals surface area (Å²) in [6.07, 6.45) is 1.24. The quantitative estimate of drug-likeness (QED) is 0.573. The summed E-state index contributed by atoms with van der Waals surface area (Å²) in [7, 11) is -2.48. The van der Waals surface area contributed by atoms with E-state index >= 15 is 0 Å². The van der Waals surface area contributed by atoms with Crippen LogP contribution in [0.25, 0.3) is 0 Å². The molecule has 1 saturated heterocycles. The summed E-state index contributed by atoms with van der Waals surface area (Å²) < 4.78 is 12.0. The molecule has 0 aromatic heterocycles. The van der Waals surface area contributed by atoms with Gasteiger partial charge in [-0.15, -0.1) is 0 Å². The Labute approximate surface area is 158 Å². The van der Waals surface area contributed by atoms with Crippen molar-refractivity contribution in [1.82, 2.24) is 0 Å². The first kappa shape index (κ1) is 19.3. The lowest BCUT2D eigenvalue weighted by Crippen LogP contribution is -2.66. The second-order valence-electron chi connectivity index (χ2n) is 8.15. The van der Waals surface area contributed by atoms with Crippen molar-refractivity contribution in [2.24, 2.45) is 0 Å². The third kappa shape index (κ3) is 4.26. The molecule has 0 saturated carbocycles. The molecule has 0 bridgehead atoms. The van der Waals surface area contributed by atoms with Crippen LogP contribution in [0.3, 0.4) is 0 Å². The first-order valence-electron chi connectivity index (χ1n) is 9.48. The Morgan fingerprint density at radius 1 is 1.04 bits per heavy atom. The summed E-state index contributed by atoms with van der Waals surface area (Å²) in [4.78, 5) is 0. The van der Waals surface area contributed by atoms with Gasteiger partial charge in [0.2, 0.25) is 0 Å². The topological polar surface area (TPSA) is 42.0 Å². The van der Waals surface area contributed by atoms with Gasteiger partial charge in [-0.25, -0.2) is 0 Å². The first-order valence-corrected chi connectivity index (χ1v) is 11.4. The molecule has 0 radical (unpaired) electrons. The second-order valence-corrected chi connectivity index (χ2v) is 12.5. The minimum atomic E-state index is -2.48. The molecule has 2 atom stereocenters. The van der Waals surface area contributed by atoms with Gasteiger partial charge >= 0.3 is 0 Å². The van der Waals surface area contributed by atoms with Gasteiger partial charge in [-0.05, 0) is 21.8 Å². The number of benzene rings is 2. The molecule has 0 unspecified atom stereocenters. The molecule has 2 aromatic rings. The summed E-state index contributed by atoms with van der Waals surface area (Å²) in [5, 5.41) is 12.8. The van der Waals surface area contributed by atoms with E-state index in [4.69, 9.17) is 9.16 Å². The predicted octanol–water partition coefficient (Wildman–Crippen LogP) is 3.10. The smallest absolute Gasteiger partial charge is 0.261 e. The highest BCUT2D eigenvalue weighted by molar-refractivity contribution is 6.99. The maximum absolute atomic E-state index is 10.3. The average Bonchev–Trinajstić information content (AvgIpc) is 3.43. The molecular weight excluding hydrogens is 340 g/mol. The monoisotopic (exact) mass is 370 g/mol. The molecule has 1 aliphatic rings. The van der Waals surface area contributed by atoms with Gasteiger partial charge in [0.15, 0.2) is 0 Å². The summed E-state index contributed by atoms with van der Waals surface area (Å²) in [5.74, 6) is 0. The average molecular weight is 371 g/mol. The highest BCUT2D eigenvalue weighted by Gasteiger charge is 2.50. The molecule has 140 valence electrons. The lowest BCUT2D eigenvalue weighted by Gasteiger charge is -2.43. The zero-order chi connectivity index (χ0) is 18.6. The van der Waals surface area contributed by atoms with E-state index in [2.05, 4.69) is 81.4 Å². The Bertz CT molecular complexity index is 638. The van der Waals surface area contributed by atoms with Crippen molar-refractivity contribution in [2.45, 2.75) is 50.9 Å². The van der Waals surface area contributed by atoms with Crippen LogP contribution >= 0.6 is 0 Å². The SMILES string of the molecule is CC(C)(C)[Si](OCC[C@H](O)C[C@H]1CO1)(c1ccccc1)c1ccccc1. The van der Waals surface area contributed by atoms with Crippen LogP contribution < -0.4 is 10.4 Å². The van der Waals surface area contributed by atoms with Gasteiger partial charge in [0, 0.05) is 13.0 Å². The zero-order valence-corrected chi connectivity index (χ0v) is 17.0. The van der Waals surface area contributed by atoms with E-state index in [9.17, 15) is 5.11 Å². The van der Waals surface area contributed by atoms with Crippen LogP contribution in [-0.2, 0) is 9.16 Å². The summed E-state index contributed by atoms with van der Waals surface area (Å²) in [6.45, 7) is 8.16. The van der Waals surface area contributed by atoms with Crippen LogP contribution in [0.1, 0.15) is 33.6 Å². The predicted molar refractivity (Wildman–Crippen MR) is 109 cm³/mol. The Kier molecular flexibility index (Phi) is 5.98. The van der Waals surface area contributed by atoms with Gasteiger partial charge < -0.3 is 14.3 Å². The van der Waals surface area contributed by atoms with E-state index in [1.807, 2.05) is 0 Å². The fraction of sp³-hybridized carbons (Fsp3) is 0.455. The minimum absolute atomic E-state index is 0.0275. The largest absolute Gasteiger partial charge is 0.407 e. The standard InChI is InChI=1S/C22H30O3Si/c1-22(2,3)26(20-10-6-4-7-11-20,21-12-8-5-9-13-21)25-15-14-18(23)16-19-17-24-19/h4-13,18-19,23H,14-17H2,1-3H3/t18-,19-/m0/s1. The maximum Gasteiger partial charge on any atom is 0.261 e. The Morgan fingerprint density at radius 3 is 1.96 bits per heavy atom. The first-order chi connectivity index (χ1) is 12.4. The van der Waals surface area contributed by atoms with Crippen molar-refractivity contribution < 1.29 is 14.3 Å². The molecule has 0 amide bonds. The van der Waals surface area contributed by atoms with Crippen molar-refractivity contribution in [3.8, 4) is 0 Å². The van der Waals surface area contributed by atoms with Crippen LogP contribution in [0.2, 0.25) is 5.04 Å². The molecule has 26 heavy (non-hydrogen) atoms. The zero-order valence-electron chi connectivity index (χ0n) is 16.0. The summed E-state index contributed by atoms with van der Waals surface area (Å²) in [5.41, 5.74) is 0. The number of rotatable bonds is 8. The molecule has 0 spiro atoms. The van der Waals surface area contributed by atoms with Crippen molar-refractivity contribution in [3.05, 3.63) is 60.7 Å². The van der Waals surface area contributed by atoms with Crippen LogP contribution in [-0.4, -0.2) is 38.8 Å². The molecule has 1 heterocycles. The third-order valence-electron chi connectivity index (χ3n) is 5.12. The van der Waals surface area contributed by atoms with E-state index in [0.29, 0.717) is 19.4 Å². The summed E-state index contributed by atoms with van der Waals surface area (Å²) >= 11 is 0. The Balaban J connectivity index is 1.89. The van der Waals surface area contributed by atoms with Crippen molar-refractivity contribution in [1.29, 1.82) is 0 Å². The third-order valence-corrected chi connectivity index (χ3v) is 10.2. The van der Waals surface area contributed by atoms with Crippen LogP contribution in [0.15, 0.2) is 60.7 Å². The number of ether oxygens (including phenoxy) is 1. The van der Waals surface area contributed by atoms with E-state index in [0.717, 1.165) is 6.61 Å². The number of aliphatic hydroxyl groups excluding tert-OH is 1. The lowest BCUT2D eigenvalue weighted by atomic mass is 10.1. The molecule has 3 nitrogen and oxygen atoms in total.